The highest BCUT2D eigenvalue weighted by Gasteiger charge is 2.26. The summed E-state index contributed by atoms with van der Waals surface area (Å²) >= 11 is 3.96. The second-order valence-electron chi connectivity index (χ2n) is 4.59. The first-order valence-electron chi connectivity index (χ1n) is 5.91. The zero-order chi connectivity index (χ0) is 12.8. The highest BCUT2D eigenvalue weighted by molar-refractivity contribution is 7.80. The third-order valence-corrected chi connectivity index (χ3v) is 3.69. The Morgan fingerprint density at radius 1 is 1.35 bits per heavy atom. The van der Waals surface area contributed by atoms with Gasteiger partial charge < -0.3 is 16.2 Å². The van der Waals surface area contributed by atoms with Crippen LogP contribution in [0.15, 0.2) is 0 Å². The van der Waals surface area contributed by atoms with Gasteiger partial charge in [0.05, 0.1) is 12.0 Å². The number of hydrogen-bond acceptors (Lipinski definition) is 4. The summed E-state index contributed by atoms with van der Waals surface area (Å²) in [7, 11) is 0. The fourth-order valence-corrected chi connectivity index (χ4v) is 2.24. The number of carboxylic acid groups (broad SMARTS) is 1. The molecule has 0 heterocycles. The molecule has 0 aromatic carbocycles. The summed E-state index contributed by atoms with van der Waals surface area (Å²) in [4.78, 5) is 22.2. The van der Waals surface area contributed by atoms with Crippen LogP contribution in [-0.2, 0) is 9.59 Å². The Morgan fingerprint density at radius 3 is 2.41 bits per heavy atom. The van der Waals surface area contributed by atoms with Crippen LogP contribution in [0.1, 0.15) is 25.7 Å². The first-order valence-corrected chi connectivity index (χ1v) is 6.54. The van der Waals surface area contributed by atoms with Crippen molar-refractivity contribution in [2.75, 3.05) is 12.3 Å². The van der Waals surface area contributed by atoms with Crippen LogP contribution in [0.3, 0.4) is 0 Å². The molecule has 1 aliphatic rings. The second kappa shape index (κ2) is 6.86. The van der Waals surface area contributed by atoms with Gasteiger partial charge in [-0.3, -0.25) is 9.59 Å². The van der Waals surface area contributed by atoms with Gasteiger partial charge in [0, 0.05) is 12.3 Å². The molecular formula is C11H20N2O3S. The van der Waals surface area contributed by atoms with Crippen LogP contribution in [0.25, 0.3) is 0 Å². The number of carbonyl (C=O) groups is 2. The van der Waals surface area contributed by atoms with Crippen molar-refractivity contribution in [1.29, 1.82) is 0 Å². The topological polar surface area (TPSA) is 92.4 Å². The van der Waals surface area contributed by atoms with Gasteiger partial charge in [0.15, 0.2) is 0 Å². The minimum atomic E-state index is -0.704. The smallest absolute Gasteiger partial charge is 0.306 e. The van der Waals surface area contributed by atoms with Crippen LogP contribution in [0, 0.1) is 11.8 Å². The SMILES string of the molecule is N[C@@H](CS)C(=O)NC[C@H]1CC[C@H](C(=O)O)CC1. The Labute approximate surface area is 107 Å². The minimum absolute atomic E-state index is 0.180. The molecule has 0 bridgehead atoms. The molecule has 1 saturated carbocycles. The Hall–Kier alpha value is -0.750. The van der Waals surface area contributed by atoms with Gasteiger partial charge in [-0.1, -0.05) is 0 Å². The molecule has 17 heavy (non-hydrogen) atoms. The van der Waals surface area contributed by atoms with Crippen molar-refractivity contribution >= 4 is 24.5 Å². The van der Waals surface area contributed by atoms with E-state index >= 15 is 0 Å². The maximum absolute atomic E-state index is 11.4. The van der Waals surface area contributed by atoms with Gasteiger partial charge in [0.25, 0.3) is 0 Å². The number of thiol groups is 1. The number of nitrogens with two attached hydrogens (primary N) is 1. The summed E-state index contributed by atoms with van der Waals surface area (Å²) in [6.07, 6.45) is 3.11. The molecule has 1 amide bonds. The molecule has 5 nitrogen and oxygen atoms in total. The molecule has 6 heteroatoms. The van der Waals surface area contributed by atoms with E-state index < -0.39 is 12.0 Å². The van der Waals surface area contributed by atoms with Gasteiger partial charge in [-0.15, -0.1) is 0 Å². The summed E-state index contributed by atoms with van der Waals surface area (Å²) < 4.78 is 0. The quantitative estimate of drug-likeness (QED) is 0.533. The molecule has 1 fully saturated rings. The molecular weight excluding hydrogens is 240 g/mol. The van der Waals surface area contributed by atoms with E-state index in [4.69, 9.17) is 10.8 Å². The van der Waals surface area contributed by atoms with Crippen LogP contribution in [0.5, 0.6) is 0 Å². The molecule has 0 aliphatic heterocycles. The number of nitrogens with one attached hydrogen (secondary N) is 1. The highest BCUT2D eigenvalue weighted by Crippen LogP contribution is 2.28. The van der Waals surface area contributed by atoms with Crippen molar-refractivity contribution < 1.29 is 14.7 Å². The van der Waals surface area contributed by atoms with Crippen LogP contribution in [0.4, 0.5) is 0 Å². The van der Waals surface area contributed by atoms with E-state index in [0.29, 0.717) is 31.1 Å². The van der Waals surface area contributed by atoms with Crippen LogP contribution >= 0.6 is 12.6 Å². The minimum Gasteiger partial charge on any atom is -0.481 e. The first kappa shape index (κ1) is 14.3. The maximum atomic E-state index is 11.4. The van der Waals surface area contributed by atoms with Crippen molar-refractivity contribution in [3.05, 3.63) is 0 Å². The number of carboxylic acids is 1. The Morgan fingerprint density at radius 2 is 1.94 bits per heavy atom. The van der Waals surface area contributed by atoms with Crippen LogP contribution in [0.2, 0.25) is 0 Å². The Bertz CT molecular complexity index is 278. The van der Waals surface area contributed by atoms with E-state index in [-0.39, 0.29) is 11.8 Å². The van der Waals surface area contributed by atoms with Crippen molar-refractivity contribution in [2.45, 2.75) is 31.7 Å². The molecule has 0 unspecified atom stereocenters. The van der Waals surface area contributed by atoms with Crippen molar-refractivity contribution in [1.82, 2.24) is 5.32 Å². The average molecular weight is 260 g/mol. The molecule has 1 atom stereocenters. The number of amides is 1. The predicted octanol–water partition coefficient (Wildman–Crippen LogP) is 0.251. The molecule has 98 valence electrons. The lowest BCUT2D eigenvalue weighted by molar-refractivity contribution is -0.143. The summed E-state index contributed by atoms with van der Waals surface area (Å²) in [5.74, 6) is -0.384. The number of rotatable bonds is 5. The van der Waals surface area contributed by atoms with Crippen molar-refractivity contribution in [3.63, 3.8) is 0 Å². The largest absolute Gasteiger partial charge is 0.481 e. The fraction of sp³-hybridized carbons (Fsp3) is 0.818. The van der Waals surface area contributed by atoms with E-state index in [1.807, 2.05) is 0 Å². The molecule has 4 N–H and O–H groups in total. The van der Waals surface area contributed by atoms with Crippen LogP contribution < -0.4 is 11.1 Å². The molecule has 0 saturated heterocycles. The van der Waals surface area contributed by atoms with Gasteiger partial charge >= 0.3 is 5.97 Å². The molecule has 0 aromatic heterocycles. The molecule has 1 rings (SSSR count). The zero-order valence-corrected chi connectivity index (χ0v) is 10.7. The molecule has 1 aliphatic carbocycles. The lowest BCUT2D eigenvalue weighted by Gasteiger charge is -2.26. The van der Waals surface area contributed by atoms with E-state index in [1.54, 1.807) is 0 Å². The Kier molecular flexibility index (Phi) is 5.77. The standard InChI is InChI=1S/C11H20N2O3S/c12-9(6-17)10(14)13-5-7-1-3-8(4-2-7)11(15)16/h7-9,17H,1-6,12H2,(H,13,14)(H,15,16)/t7-,8-,9-/m0/s1. The van der Waals surface area contributed by atoms with E-state index in [9.17, 15) is 9.59 Å². The number of aliphatic carboxylic acids is 1. The summed E-state index contributed by atoms with van der Waals surface area (Å²) in [6, 6.07) is -0.561. The zero-order valence-electron chi connectivity index (χ0n) is 9.76. The molecule has 0 spiro atoms. The molecule has 0 radical (unpaired) electrons. The third kappa shape index (κ3) is 4.55. The van der Waals surface area contributed by atoms with Crippen molar-refractivity contribution in [3.8, 4) is 0 Å². The van der Waals surface area contributed by atoms with Gasteiger partial charge in [-0.25, -0.2) is 0 Å². The normalized spacial score (nSPS) is 26.2. The lowest BCUT2D eigenvalue weighted by atomic mass is 9.82. The van der Waals surface area contributed by atoms with Gasteiger partial charge in [-0.05, 0) is 31.6 Å². The van der Waals surface area contributed by atoms with Crippen molar-refractivity contribution in [2.24, 2.45) is 17.6 Å². The van der Waals surface area contributed by atoms with E-state index in [0.717, 1.165) is 12.8 Å². The van der Waals surface area contributed by atoms with Gasteiger partial charge in [0.2, 0.25) is 5.91 Å². The second-order valence-corrected chi connectivity index (χ2v) is 4.96. The van der Waals surface area contributed by atoms with Crippen LogP contribution in [-0.4, -0.2) is 35.3 Å². The summed E-state index contributed by atoms with van der Waals surface area (Å²) in [5.41, 5.74) is 5.53. The van der Waals surface area contributed by atoms with Gasteiger partial charge in [0.1, 0.15) is 0 Å². The predicted molar refractivity (Wildman–Crippen MR) is 67.9 cm³/mol. The van der Waals surface area contributed by atoms with E-state index in [2.05, 4.69) is 17.9 Å². The Balaban J connectivity index is 2.22. The lowest BCUT2D eigenvalue weighted by Crippen LogP contribution is -2.44. The third-order valence-electron chi connectivity index (χ3n) is 3.29. The number of carbonyl (C=O) groups excluding carboxylic acids is 1. The average Bonchev–Trinajstić information content (AvgIpc) is 2.35. The monoisotopic (exact) mass is 260 g/mol. The highest BCUT2D eigenvalue weighted by atomic mass is 32.1. The summed E-state index contributed by atoms with van der Waals surface area (Å²) in [6.45, 7) is 0.590. The fourth-order valence-electron chi connectivity index (χ4n) is 2.07. The van der Waals surface area contributed by atoms with E-state index in [1.165, 1.54) is 0 Å². The first-order chi connectivity index (χ1) is 8.04. The summed E-state index contributed by atoms with van der Waals surface area (Å²) in [5, 5.41) is 11.6. The maximum Gasteiger partial charge on any atom is 0.306 e. The number of hydrogen-bond donors (Lipinski definition) is 4. The van der Waals surface area contributed by atoms with Gasteiger partial charge in [-0.2, -0.15) is 12.6 Å². The molecule has 0 aromatic rings.